The molecule has 1 aromatic carbocycles. The number of methoxy groups -OCH3 is 3. The number of pyridine rings is 1. The van der Waals surface area contributed by atoms with Crippen LogP contribution in [0.25, 0.3) is 6.08 Å². The number of aromatic nitrogens is 1. The van der Waals surface area contributed by atoms with Gasteiger partial charge in [-0.1, -0.05) is 39.0 Å². The Morgan fingerprint density at radius 3 is 2.33 bits per heavy atom. The highest BCUT2D eigenvalue weighted by Crippen LogP contribution is 2.67. The second-order valence-corrected chi connectivity index (χ2v) is 8.95. The first-order chi connectivity index (χ1) is 17.5. The summed E-state index contributed by atoms with van der Waals surface area (Å²) in [5.41, 5.74) is -0.940. The van der Waals surface area contributed by atoms with Gasteiger partial charge in [0.05, 0.1) is 33.5 Å². The van der Waals surface area contributed by atoms with E-state index in [0.717, 1.165) is 12.8 Å². The number of carbonyl (C=O) groups excluding carboxylic acids is 2. The molecular formula is C28H33NO7. The van der Waals surface area contributed by atoms with E-state index >= 15 is 0 Å². The van der Waals surface area contributed by atoms with Gasteiger partial charge < -0.3 is 23.7 Å². The molecule has 1 fully saturated rings. The van der Waals surface area contributed by atoms with Gasteiger partial charge in [-0.2, -0.15) is 0 Å². The lowest BCUT2D eigenvalue weighted by atomic mass is 9.71. The zero-order valence-electron chi connectivity index (χ0n) is 21.3. The summed E-state index contributed by atoms with van der Waals surface area (Å²) < 4.78 is 28.2. The summed E-state index contributed by atoms with van der Waals surface area (Å²) in [5.74, 6) is -0.296. The average Bonchev–Trinajstić information content (AvgIpc) is 3.64. The Balaban J connectivity index is 1.75. The zero-order valence-corrected chi connectivity index (χ0v) is 21.3. The molecule has 2 atom stereocenters. The van der Waals surface area contributed by atoms with Gasteiger partial charge in [0.2, 0.25) is 5.60 Å². The molecule has 0 saturated carbocycles. The summed E-state index contributed by atoms with van der Waals surface area (Å²) in [4.78, 5) is 30.2. The smallest absolute Gasteiger partial charge is 0.347 e. The molecule has 2 unspecified atom stereocenters. The van der Waals surface area contributed by atoms with Crippen molar-refractivity contribution in [3.8, 4) is 11.5 Å². The summed E-state index contributed by atoms with van der Waals surface area (Å²) in [6.45, 7) is 2.75. The van der Waals surface area contributed by atoms with E-state index in [1.54, 1.807) is 37.7 Å². The molecule has 36 heavy (non-hydrogen) atoms. The van der Waals surface area contributed by atoms with Crippen LogP contribution in [0.2, 0.25) is 0 Å². The minimum absolute atomic E-state index is 0.0632. The molecule has 1 aromatic heterocycles. The Morgan fingerprint density at radius 2 is 1.67 bits per heavy atom. The van der Waals surface area contributed by atoms with Gasteiger partial charge in [0.1, 0.15) is 0 Å². The zero-order chi connectivity index (χ0) is 25.8. The summed E-state index contributed by atoms with van der Waals surface area (Å²) in [6, 6.07) is 7.13. The largest absolute Gasteiger partial charge is 0.493 e. The lowest BCUT2D eigenvalue weighted by molar-refractivity contribution is -0.148. The molecule has 1 aliphatic heterocycles. The fraction of sp³-hybridized carbons (Fsp3) is 0.464. The summed E-state index contributed by atoms with van der Waals surface area (Å²) in [7, 11) is 4.10. The fourth-order valence-corrected chi connectivity index (χ4v) is 5.04. The number of carbonyl (C=O) groups is 2. The van der Waals surface area contributed by atoms with E-state index in [2.05, 4.69) is 11.9 Å². The van der Waals surface area contributed by atoms with Crippen LogP contribution in [0.15, 0.2) is 42.2 Å². The Morgan fingerprint density at radius 1 is 0.944 bits per heavy atom. The third-order valence-corrected chi connectivity index (χ3v) is 6.87. The van der Waals surface area contributed by atoms with Crippen LogP contribution >= 0.6 is 0 Å². The van der Waals surface area contributed by atoms with Crippen LogP contribution in [-0.2, 0) is 29.4 Å². The summed E-state index contributed by atoms with van der Waals surface area (Å²) >= 11 is 0. The first-order valence-corrected chi connectivity index (χ1v) is 12.3. The minimum atomic E-state index is -1.69. The molecule has 8 nitrogen and oxygen atoms in total. The number of hydrogen-bond donors (Lipinski definition) is 0. The van der Waals surface area contributed by atoms with Crippen LogP contribution in [-0.4, -0.2) is 50.5 Å². The molecule has 1 aliphatic carbocycles. The van der Waals surface area contributed by atoms with E-state index in [9.17, 15) is 9.59 Å². The van der Waals surface area contributed by atoms with E-state index in [1.807, 2.05) is 12.1 Å². The van der Waals surface area contributed by atoms with Gasteiger partial charge in [0.25, 0.3) is 0 Å². The second kappa shape index (κ2) is 10.7. The Hall–Kier alpha value is -3.39. The Bertz CT molecular complexity index is 1150. The van der Waals surface area contributed by atoms with E-state index in [1.165, 1.54) is 39.9 Å². The maximum atomic E-state index is 13.2. The number of fused-ring (bicyclic) bond motifs is 3. The van der Waals surface area contributed by atoms with Gasteiger partial charge in [-0.3, -0.25) is 4.98 Å². The fourth-order valence-electron chi connectivity index (χ4n) is 5.04. The van der Waals surface area contributed by atoms with Crippen molar-refractivity contribution >= 4 is 18.0 Å². The van der Waals surface area contributed by atoms with Crippen molar-refractivity contribution in [2.75, 3.05) is 27.9 Å². The number of esters is 2. The first-order valence-electron chi connectivity index (χ1n) is 12.3. The molecule has 0 radical (unpaired) electrons. The summed E-state index contributed by atoms with van der Waals surface area (Å²) in [6.07, 6.45) is 11.8. The van der Waals surface area contributed by atoms with Crippen LogP contribution < -0.4 is 9.47 Å². The minimum Gasteiger partial charge on any atom is -0.493 e. The van der Waals surface area contributed by atoms with Gasteiger partial charge in [-0.15, -0.1) is 0 Å². The predicted molar refractivity (Wildman–Crippen MR) is 133 cm³/mol. The normalized spacial score (nSPS) is 21.5. The first kappa shape index (κ1) is 25.7. The molecule has 192 valence electrons. The summed E-state index contributed by atoms with van der Waals surface area (Å²) in [5, 5.41) is 0. The van der Waals surface area contributed by atoms with Crippen molar-refractivity contribution in [2.45, 2.75) is 56.7 Å². The number of ether oxygens (including phenoxy) is 5. The highest BCUT2D eigenvalue weighted by Gasteiger charge is 2.82. The van der Waals surface area contributed by atoms with Crippen LogP contribution in [0.1, 0.15) is 62.1 Å². The SMILES string of the molecule is CCCCCCCCOc1cc2c(cc1OC)C1(c3ccncc3)OC1(C(=O)OC)C(C(=O)OC)=C2. The van der Waals surface area contributed by atoms with E-state index in [-0.39, 0.29) is 5.57 Å². The molecule has 2 heterocycles. The van der Waals surface area contributed by atoms with Crippen LogP contribution in [0, 0.1) is 0 Å². The van der Waals surface area contributed by atoms with Crippen molar-refractivity contribution in [1.82, 2.24) is 4.98 Å². The predicted octanol–water partition coefficient (Wildman–Crippen LogP) is 4.59. The molecule has 0 amide bonds. The number of unbranched alkanes of at least 4 members (excludes halogenated alkanes) is 5. The highest BCUT2D eigenvalue weighted by molar-refractivity contribution is 6.09. The van der Waals surface area contributed by atoms with Crippen molar-refractivity contribution in [2.24, 2.45) is 0 Å². The van der Waals surface area contributed by atoms with Crippen molar-refractivity contribution < 1.29 is 33.3 Å². The van der Waals surface area contributed by atoms with Crippen molar-refractivity contribution in [3.63, 3.8) is 0 Å². The molecule has 0 N–H and O–H groups in total. The number of nitrogens with zero attached hydrogens (tertiary/aromatic N) is 1. The number of benzene rings is 1. The monoisotopic (exact) mass is 495 g/mol. The number of epoxide rings is 1. The molecule has 0 bridgehead atoms. The Kier molecular flexibility index (Phi) is 7.64. The van der Waals surface area contributed by atoms with Crippen molar-refractivity contribution in [3.05, 3.63) is 58.9 Å². The second-order valence-electron chi connectivity index (χ2n) is 8.95. The molecule has 0 spiro atoms. The maximum absolute atomic E-state index is 13.2. The molecule has 4 rings (SSSR count). The van der Waals surface area contributed by atoms with Crippen LogP contribution in [0.4, 0.5) is 0 Å². The van der Waals surface area contributed by atoms with Gasteiger partial charge in [-0.05, 0) is 47.9 Å². The van der Waals surface area contributed by atoms with Gasteiger partial charge in [0, 0.05) is 18.0 Å². The quantitative estimate of drug-likeness (QED) is 0.240. The lowest BCUT2D eigenvalue weighted by Crippen LogP contribution is -2.41. The molecule has 2 aromatic rings. The molecular weight excluding hydrogens is 462 g/mol. The van der Waals surface area contributed by atoms with E-state index in [0.29, 0.717) is 34.8 Å². The van der Waals surface area contributed by atoms with E-state index < -0.39 is 23.1 Å². The maximum Gasteiger partial charge on any atom is 0.347 e. The standard InChI is InChI=1S/C28H33NO7/c1-5-6-7-8-9-10-15-35-24-17-19-16-22(25(30)33-3)28(26(31)34-4)27(36-28,20-11-13-29-14-12-20)21(19)18-23(24)32-2/h11-14,16-18H,5-10,15H2,1-4H3. The number of hydrogen-bond acceptors (Lipinski definition) is 8. The van der Waals surface area contributed by atoms with Gasteiger partial charge >= 0.3 is 11.9 Å². The van der Waals surface area contributed by atoms with E-state index in [4.69, 9.17) is 23.7 Å². The number of rotatable bonds is 12. The molecule has 2 aliphatic rings. The third kappa shape index (κ3) is 4.13. The van der Waals surface area contributed by atoms with Crippen LogP contribution in [0.3, 0.4) is 0 Å². The highest BCUT2D eigenvalue weighted by atomic mass is 16.7. The third-order valence-electron chi connectivity index (χ3n) is 6.87. The van der Waals surface area contributed by atoms with Crippen LogP contribution in [0.5, 0.6) is 11.5 Å². The topological polar surface area (TPSA) is 96.5 Å². The van der Waals surface area contributed by atoms with Gasteiger partial charge in [0.15, 0.2) is 17.1 Å². The average molecular weight is 496 g/mol. The Labute approximate surface area is 211 Å². The van der Waals surface area contributed by atoms with Gasteiger partial charge in [-0.25, -0.2) is 9.59 Å². The molecule has 8 heteroatoms. The molecule has 1 saturated heterocycles. The van der Waals surface area contributed by atoms with Crippen molar-refractivity contribution in [1.29, 1.82) is 0 Å². The lowest BCUT2D eigenvalue weighted by Gasteiger charge is -2.27.